The van der Waals surface area contributed by atoms with Crippen LogP contribution in [0.3, 0.4) is 0 Å². The fraction of sp³-hybridized carbons (Fsp3) is 0.417. The van der Waals surface area contributed by atoms with Crippen molar-refractivity contribution in [3.63, 3.8) is 0 Å². The zero-order chi connectivity index (χ0) is 22.9. The number of carbonyl (C=O) groups is 1. The summed E-state index contributed by atoms with van der Waals surface area (Å²) in [6.07, 6.45) is 6.71. The number of benzene rings is 1. The van der Waals surface area contributed by atoms with Gasteiger partial charge in [0.25, 0.3) is 0 Å². The van der Waals surface area contributed by atoms with Gasteiger partial charge in [0.05, 0.1) is 25.2 Å². The lowest BCUT2D eigenvalue weighted by atomic mass is 10.1. The number of hydrogen-bond acceptors (Lipinski definition) is 6. The Morgan fingerprint density at radius 3 is 2.56 bits per heavy atom. The first-order valence-electron chi connectivity index (χ1n) is 10.9. The minimum atomic E-state index is 0.116. The van der Waals surface area contributed by atoms with E-state index in [1.165, 1.54) is 5.57 Å². The Balaban J connectivity index is 1.56. The smallest absolute Gasteiger partial charge is 0.225 e. The molecule has 3 rings (SSSR count). The SMILES string of the molecule is CC/C(C)=C/C(=NCCC(=O)N1CCN(c2ncc(OC)cn2)CC1)c1cccc(Cl)c1. The molecule has 0 saturated carbocycles. The second-order valence-corrected chi connectivity index (χ2v) is 8.10. The first-order chi connectivity index (χ1) is 15.5. The van der Waals surface area contributed by atoms with E-state index in [1.807, 2.05) is 29.2 Å². The zero-order valence-corrected chi connectivity index (χ0v) is 19.7. The van der Waals surface area contributed by atoms with Gasteiger partial charge in [-0.05, 0) is 31.6 Å². The summed E-state index contributed by atoms with van der Waals surface area (Å²) in [6, 6.07) is 7.66. The van der Waals surface area contributed by atoms with Gasteiger partial charge in [-0.2, -0.15) is 0 Å². The van der Waals surface area contributed by atoms with Crippen LogP contribution in [-0.4, -0.2) is 66.3 Å². The minimum Gasteiger partial charge on any atom is -0.494 e. The van der Waals surface area contributed by atoms with Crippen LogP contribution in [0.4, 0.5) is 5.95 Å². The summed E-state index contributed by atoms with van der Waals surface area (Å²) in [5.74, 6) is 1.40. The average Bonchev–Trinajstić information content (AvgIpc) is 2.83. The van der Waals surface area contributed by atoms with Gasteiger partial charge >= 0.3 is 0 Å². The number of piperazine rings is 1. The summed E-state index contributed by atoms with van der Waals surface area (Å²) in [6.45, 7) is 7.33. The molecule has 2 aromatic rings. The Morgan fingerprint density at radius 2 is 1.94 bits per heavy atom. The fourth-order valence-corrected chi connectivity index (χ4v) is 3.56. The summed E-state index contributed by atoms with van der Waals surface area (Å²) in [5, 5.41) is 0.674. The molecular weight excluding hydrogens is 426 g/mol. The number of carbonyl (C=O) groups excluding carboxylic acids is 1. The van der Waals surface area contributed by atoms with Crippen LogP contribution in [0.1, 0.15) is 32.3 Å². The van der Waals surface area contributed by atoms with Gasteiger partial charge in [-0.15, -0.1) is 0 Å². The third-order valence-electron chi connectivity index (χ3n) is 5.43. The normalized spacial score (nSPS) is 15.1. The van der Waals surface area contributed by atoms with Crippen LogP contribution in [0, 0.1) is 0 Å². The molecule has 0 spiro atoms. The summed E-state index contributed by atoms with van der Waals surface area (Å²) in [7, 11) is 1.59. The van der Waals surface area contributed by atoms with Gasteiger partial charge in [0.1, 0.15) is 0 Å². The van der Waals surface area contributed by atoms with Gasteiger partial charge in [0.15, 0.2) is 5.75 Å². The van der Waals surface area contributed by atoms with E-state index in [9.17, 15) is 4.79 Å². The highest BCUT2D eigenvalue weighted by Gasteiger charge is 2.22. The van der Waals surface area contributed by atoms with Crippen LogP contribution >= 0.6 is 11.6 Å². The van der Waals surface area contributed by atoms with Gasteiger partial charge in [0, 0.05) is 49.7 Å². The standard InChI is InChI=1S/C24H30ClN5O2/c1-4-18(2)14-22(19-6-5-7-20(25)15-19)26-9-8-23(31)29-10-12-30(13-11-29)24-27-16-21(32-3)17-28-24/h5-7,14-17H,4,8-13H2,1-3H3/b18-14+,26-22?. The Hall–Kier alpha value is -2.93. The monoisotopic (exact) mass is 455 g/mol. The molecule has 0 bridgehead atoms. The number of aromatic nitrogens is 2. The van der Waals surface area contributed by atoms with Crippen LogP contribution in [-0.2, 0) is 4.79 Å². The molecular formula is C24H30ClN5O2. The topological polar surface area (TPSA) is 70.9 Å². The van der Waals surface area contributed by atoms with Crippen molar-refractivity contribution in [2.24, 2.45) is 4.99 Å². The highest BCUT2D eigenvalue weighted by Crippen LogP contribution is 2.16. The van der Waals surface area contributed by atoms with Crippen molar-refractivity contribution in [2.45, 2.75) is 26.7 Å². The highest BCUT2D eigenvalue weighted by molar-refractivity contribution is 6.31. The van der Waals surface area contributed by atoms with Crippen LogP contribution in [0.15, 0.2) is 53.3 Å². The van der Waals surface area contributed by atoms with Crippen LogP contribution in [0.5, 0.6) is 5.75 Å². The van der Waals surface area contributed by atoms with Gasteiger partial charge < -0.3 is 14.5 Å². The van der Waals surface area contributed by atoms with Crippen LogP contribution in [0.2, 0.25) is 5.02 Å². The molecule has 0 aliphatic carbocycles. The lowest BCUT2D eigenvalue weighted by Gasteiger charge is -2.34. The van der Waals surface area contributed by atoms with Crippen LogP contribution in [0.25, 0.3) is 0 Å². The Bertz CT molecular complexity index is 967. The molecule has 1 aromatic heterocycles. The van der Waals surface area contributed by atoms with E-state index in [2.05, 4.69) is 34.8 Å². The number of hydrogen-bond donors (Lipinski definition) is 0. The van der Waals surface area contributed by atoms with Crippen molar-refractivity contribution in [3.8, 4) is 5.75 Å². The second-order valence-electron chi connectivity index (χ2n) is 7.66. The zero-order valence-electron chi connectivity index (χ0n) is 18.9. The maximum atomic E-state index is 12.7. The first kappa shape index (κ1) is 23.7. The summed E-state index contributed by atoms with van der Waals surface area (Å²) in [5.41, 5.74) is 3.05. The quantitative estimate of drug-likeness (QED) is 0.562. The lowest BCUT2D eigenvalue weighted by Crippen LogP contribution is -2.49. The molecule has 7 nitrogen and oxygen atoms in total. The molecule has 32 heavy (non-hydrogen) atoms. The number of nitrogens with zero attached hydrogens (tertiary/aromatic N) is 5. The number of anilines is 1. The number of aliphatic imine (C=N–C) groups is 1. The summed E-state index contributed by atoms with van der Waals surface area (Å²) >= 11 is 6.16. The van der Waals surface area contributed by atoms with Gasteiger partial charge in [-0.25, -0.2) is 9.97 Å². The number of methoxy groups -OCH3 is 1. The molecule has 0 radical (unpaired) electrons. The summed E-state index contributed by atoms with van der Waals surface area (Å²) in [4.78, 5) is 30.1. The largest absolute Gasteiger partial charge is 0.494 e. The van der Waals surface area contributed by atoms with Gasteiger partial charge in [0.2, 0.25) is 11.9 Å². The maximum absolute atomic E-state index is 12.7. The van der Waals surface area contributed by atoms with E-state index in [-0.39, 0.29) is 5.91 Å². The third-order valence-corrected chi connectivity index (χ3v) is 5.67. The molecule has 0 unspecified atom stereocenters. The van der Waals surface area contributed by atoms with Crippen molar-refractivity contribution in [1.82, 2.24) is 14.9 Å². The number of rotatable bonds is 8. The minimum absolute atomic E-state index is 0.116. The summed E-state index contributed by atoms with van der Waals surface area (Å²) < 4.78 is 5.10. The predicted molar refractivity (Wildman–Crippen MR) is 129 cm³/mol. The van der Waals surface area contributed by atoms with Crippen molar-refractivity contribution >= 4 is 29.2 Å². The van der Waals surface area contributed by atoms with E-state index < -0.39 is 0 Å². The van der Waals surface area contributed by atoms with Gasteiger partial charge in [-0.1, -0.05) is 36.2 Å². The second kappa shape index (κ2) is 11.6. The molecule has 2 heterocycles. The fourth-order valence-electron chi connectivity index (χ4n) is 3.37. The average molecular weight is 456 g/mol. The molecule has 1 fully saturated rings. The molecule has 1 aliphatic heterocycles. The van der Waals surface area contributed by atoms with Gasteiger partial charge in [-0.3, -0.25) is 9.79 Å². The molecule has 8 heteroatoms. The number of amides is 1. The van der Waals surface area contributed by atoms with E-state index >= 15 is 0 Å². The van der Waals surface area contributed by atoms with E-state index in [0.29, 0.717) is 55.9 Å². The predicted octanol–water partition coefficient (Wildman–Crippen LogP) is 4.02. The number of allylic oxidation sites excluding steroid dienone is 2. The molecule has 0 atom stereocenters. The Morgan fingerprint density at radius 1 is 1.22 bits per heavy atom. The van der Waals surface area contributed by atoms with E-state index in [1.54, 1.807) is 19.5 Å². The molecule has 1 aliphatic rings. The molecule has 170 valence electrons. The molecule has 0 N–H and O–H groups in total. The molecule has 1 amide bonds. The van der Waals surface area contributed by atoms with Crippen molar-refractivity contribution in [1.29, 1.82) is 0 Å². The first-order valence-corrected chi connectivity index (χ1v) is 11.2. The lowest BCUT2D eigenvalue weighted by molar-refractivity contribution is -0.131. The van der Waals surface area contributed by atoms with Crippen molar-refractivity contribution in [2.75, 3.05) is 44.7 Å². The number of halogens is 1. The van der Waals surface area contributed by atoms with E-state index in [4.69, 9.17) is 21.3 Å². The highest BCUT2D eigenvalue weighted by atomic mass is 35.5. The molecule has 1 saturated heterocycles. The maximum Gasteiger partial charge on any atom is 0.225 e. The van der Waals surface area contributed by atoms with Crippen molar-refractivity contribution in [3.05, 3.63) is 58.9 Å². The van der Waals surface area contributed by atoms with Crippen molar-refractivity contribution < 1.29 is 9.53 Å². The third kappa shape index (κ3) is 6.53. The Labute approximate surface area is 194 Å². The Kier molecular flexibility index (Phi) is 8.62. The molecule has 1 aromatic carbocycles. The van der Waals surface area contributed by atoms with E-state index in [0.717, 1.165) is 17.7 Å². The number of ether oxygens (including phenoxy) is 1. The van der Waals surface area contributed by atoms with Crippen LogP contribution < -0.4 is 9.64 Å².